The maximum Gasteiger partial charge on any atom is 0.307 e. The van der Waals surface area contributed by atoms with Gasteiger partial charge in [0.15, 0.2) is 0 Å². The number of hydrogen-bond donors (Lipinski definition) is 1. The standard InChI is InChI=1S/C12H25NO2/c1-9(2)8-11(5)15-12(14)6-7-13-10(3)4/h9-11,13H,6-8H2,1-5H3. The molecule has 0 aromatic carbocycles. The van der Waals surface area contributed by atoms with Gasteiger partial charge < -0.3 is 10.1 Å². The van der Waals surface area contributed by atoms with Gasteiger partial charge in [0.25, 0.3) is 0 Å². The third-order valence-electron chi connectivity index (χ3n) is 2.02. The first kappa shape index (κ1) is 14.4. The Morgan fingerprint density at radius 2 is 1.80 bits per heavy atom. The zero-order valence-corrected chi connectivity index (χ0v) is 10.7. The van der Waals surface area contributed by atoms with Crippen molar-refractivity contribution in [3.63, 3.8) is 0 Å². The first-order valence-corrected chi connectivity index (χ1v) is 5.84. The number of rotatable bonds is 7. The van der Waals surface area contributed by atoms with Crippen molar-refractivity contribution in [3.8, 4) is 0 Å². The minimum absolute atomic E-state index is 0.0385. The van der Waals surface area contributed by atoms with Crippen LogP contribution in [0.25, 0.3) is 0 Å². The van der Waals surface area contributed by atoms with Gasteiger partial charge in [0.2, 0.25) is 0 Å². The molecule has 0 saturated carbocycles. The monoisotopic (exact) mass is 215 g/mol. The highest BCUT2D eigenvalue weighted by molar-refractivity contribution is 5.69. The van der Waals surface area contributed by atoms with E-state index in [4.69, 9.17) is 4.74 Å². The van der Waals surface area contributed by atoms with Crippen molar-refractivity contribution in [2.45, 2.75) is 59.6 Å². The van der Waals surface area contributed by atoms with E-state index in [-0.39, 0.29) is 12.1 Å². The first-order valence-electron chi connectivity index (χ1n) is 5.84. The SMILES string of the molecule is CC(C)CC(C)OC(=O)CCNC(C)C. The summed E-state index contributed by atoms with van der Waals surface area (Å²) >= 11 is 0. The third kappa shape index (κ3) is 9.73. The van der Waals surface area contributed by atoms with Crippen LogP contribution in [0.5, 0.6) is 0 Å². The molecule has 1 unspecified atom stereocenters. The van der Waals surface area contributed by atoms with Crippen molar-refractivity contribution in [1.29, 1.82) is 0 Å². The molecule has 0 radical (unpaired) electrons. The average Bonchev–Trinajstić information content (AvgIpc) is 2.00. The molecule has 0 aromatic rings. The van der Waals surface area contributed by atoms with Crippen molar-refractivity contribution in [2.24, 2.45) is 5.92 Å². The topological polar surface area (TPSA) is 38.3 Å². The van der Waals surface area contributed by atoms with E-state index in [1.807, 2.05) is 6.92 Å². The summed E-state index contributed by atoms with van der Waals surface area (Å²) in [6.45, 7) is 11.0. The second-order valence-corrected chi connectivity index (χ2v) is 4.79. The van der Waals surface area contributed by atoms with Crippen LogP contribution in [-0.4, -0.2) is 24.7 Å². The Balaban J connectivity index is 3.55. The van der Waals surface area contributed by atoms with Crippen LogP contribution >= 0.6 is 0 Å². The molecule has 90 valence electrons. The fourth-order valence-electron chi connectivity index (χ4n) is 1.46. The van der Waals surface area contributed by atoms with Gasteiger partial charge in [-0.3, -0.25) is 4.79 Å². The zero-order valence-electron chi connectivity index (χ0n) is 10.7. The Bertz CT molecular complexity index is 178. The van der Waals surface area contributed by atoms with Gasteiger partial charge in [-0.1, -0.05) is 27.7 Å². The lowest BCUT2D eigenvalue weighted by Crippen LogP contribution is -2.27. The van der Waals surface area contributed by atoms with Crippen LogP contribution in [0.4, 0.5) is 0 Å². The number of carbonyl (C=O) groups excluding carboxylic acids is 1. The summed E-state index contributed by atoms with van der Waals surface area (Å²) in [7, 11) is 0. The van der Waals surface area contributed by atoms with E-state index in [2.05, 4.69) is 33.0 Å². The summed E-state index contributed by atoms with van der Waals surface area (Å²) in [5.74, 6) is 0.470. The van der Waals surface area contributed by atoms with Crippen LogP contribution < -0.4 is 5.32 Å². The average molecular weight is 215 g/mol. The molecule has 0 aliphatic rings. The van der Waals surface area contributed by atoms with E-state index in [9.17, 15) is 4.79 Å². The smallest absolute Gasteiger partial charge is 0.307 e. The molecule has 0 aromatic heterocycles. The van der Waals surface area contributed by atoms with Gasteiger partial charge in [-0.25, -0.2) is 0 Å². The predicted octanol–water partition coefficient (Wildman–Crippen LogP) is 2.35. The summed E-state index contributed by atoms with van der Waals surface area (Å²) in [6, 6.07) is 0.422. The van der Waals surface area contributed by atoms with Crippen molar-refractivity contribution in [2.75, 3.05) is 6.54 Å². The number of carbonyl (C=O) groups is 1. The second-order valence-electron chi connectivity index (χ2n) is 4.79. The fraction of sp³-hybridized carbons (Fsp3) is 0.917. The molecular weight excluding hydrogens is 190 g/mol. The molecule has 0 spiro atoms. The highest BCUT2D eigenvalue weighted by atomic mass is 16.5. The Hall–Kier alpha value is -0.570. The lowest BCUT2D eigenvalue weighted by atomic mass is 10.1. The lowest BCUT2D eigenvalue weighted by molar-refractivity contribution is -0.148. The number of esters is 1. The number of hydrogen-bond acceptors (Lipinski definition) is 3. The minimum Gasteiger partial charge on any atom is -0.463 e. The van der Waals surface area contributed by atoms with E-state index in [1.165, 1.54) is 0 Å². The van der Waals surface area contributed by atoms with Crippen LogP contribution in [0.1, 0.15) is 47.5 Å². The summed E-state index contributed by atoms with van der Waals surface area (Å²) < 4.78 is 5.26. The summed E-state index contributed by atoms with van der Waals surface area (Å²) in [4.78, 5) is 11.4. The summed E-state index contributed by atoms with van der Waals surface area (Å²) in [6.07, 6.45) is 1.43. The summed E-state index contributed by atoms with van der Waals surface area (Å²) in [5.41, 5.74) is 0. The predicted molar refractivity (Wildman–Crippen MR) is 62.8 cm³/mol. The fourth-order valence-corrected chi connectivity index (χ4v) is 1.46. The molecule has 0 aliphatic heterocycles. The highest BCUT2D eigenvalue weighted by Gasteiger charge is 2.10. The van der Waals surface area contributed by atoms with Crippen LogP contribution in [0, 0.1) is 5.92 Å². The number of ether oxygens (including phenoxy) is 1. The Morgan fingerprint density at radius 3 is 2.27 bits per heavy atom. The molecule has 0 saturated heterocycles. The molecule has 0 fully saturated rings. The molecule has 3 nitrogen and oxygen atoms in total. The quantitative estimate of drug-likeness (QED) is 0.662. The third-order valence-corrected chi connectivity index (χ3v) is 2.02. The van der Waals surface area contributed by atoms with E-state index in [0.717, 1.165) is 6.42 Å². The first-order chi connectivity index (χ1) is 6.91. The molecule has 0 aliphatic carbocycles. The normalized spacial score (nSPS) is 13.3. The Morgan fingerprint density at radius 1 is 1.20 bits per heavy atom. The van der Waals surface area contributed by atoms with E-state index >= 15 is 0 Å². The molecule has 15 heavy (non-hydrogen) atoms. The van der Waals surface area contributed by atoms with Gasteiger partial charge in [-0.05, 0) is 19.3 Å². The molecule has 0 bridgehead atoms. The van der Waals surface area contributed by atoms with Gasteiger partial charge in [0.1, 0.15) is 0 Å². The maximum atomic E-state index is 11.4. The minimum atomic E-state index is -0.101. The van der Waals surface area contributed by atoms with E-state index < -0.39 is 0 Å². The van der Waals surface area contributed by atoms with E-state index in [0.29, 0.717) is 24.9 Å². The molecule has 0 rings (SSSR count). The maximum absolute atomic E-state index is 11.4. The van der Waals surface area contributed by atoms with Crippen molar-refractivity contribution in [3.05, 3.63) is 0 Å². The summed E-state index contributed by atoms with van der Waals surface area (Å²) in [5, 5.41) is 3.19. The van der Waals surface area contributed by atoms with Crippen molar-refractivity contribution in [1.82, 2.24) is 5.32 Å². The highest BCUT2D eigenvalue weighted by Crippen LogP contribution is 2.08. The van der Waals surface area contributed by atoms with Gasteiger partial charge >= 0.3 is 5.97 Å². The van der Waals surface area contributed by atoms with E-state index in [1.54, 1.807) is 0 Å². The largest absolute Gasteiger partial charge is 0.463 e. The molecule has 3 heteroatoms. The zero-order chi connectivity index (χ0) is 11.8. The van der Waals surface area contributed by atoms with Crippen LogP contribution in [0.15, 0.2) is 0 Å². The second kappa shape index (κ2) is 7.69. The molecule has 1 atom stereocenters. The Labute approximate surface area is 93.6 Å². The van der Waals surface area contributed by atoms with Gasteiger partial charge in [-0.15, -0.1) is 0 Å². The van der Waals surface area contributed by atoms with Gasteiger partial charge in [-0.2, -0.15) is 0 Å². The van der Waals surface area contributed by atoms with Crippen LogP contribution in [-0.2, 0) is 9.53 Å². The van der Waals surface area contributed by atoms with Crippen LogP contribution in [0.2, 0.25) is 0 Å². The Kier molecular flexibility index (Phi) is 7.39. The van der Waals surface area contributed by atoms with Gasteiger partial charge in [0, 0.05) is 12.6 Å². The molecule has 0 amide bonds. The van der Waals surface area contributed by atoms with Crippen molar-refractivity contribution < 1.29 is 9.53 Å². The van der Waals surface area contributed by atoms with Crippen LogP contribution in [0.3, 0.4) is 0 Å². The molecular formula is C12H25NO2. The lowest BCUT2D eigenvalue weighted by Gasteiger charge is -2.15. The molecule has 0 heterocycles. The van der Waals surface area contributed by atoms with Crippen molar-refractivity contribution >= 4 is 5.97 Å². The van der Waals surface area contributed by atoms with Gasteiger partial charge in [0.05, 0.1) is 12.5 Å². The molecule has 1 N–H and O–H groups in total. The number of nitrogens with one attached hydrogen (secondary N) is 1.